The number of allylic oxidation sites excluding steroid dienone is 1. The Hall–Kier alpha value is -1.89. The molecular formula is C17H15ClFNO3S. The monoisotopic (exact) mass is 367 g/mol. The second-order valence-electron chi connectivity index (χ2n) is 5.53. The standard InChI is InChI=1S/C17H15ClFNO3S/c1-11-5-7-14(8-6-11)24(21,22)23-20-16-4-2-3-12-9-13(18)10-15(19)17(12)16/h4-10,20H,2-3H2,1H3. The third-order valence-electron chi connectivity index (χ3n) is 3.74. The SMILES string of the molecule is Cc1ccc(S(=O)(=O)ONC2=CCCc3cc(Cl)cc(F)c32)cc1. The van der Waals surface area contributed by atoms with E-state index in [1.165, 1.54) is 18.2 Å². The van der Waals surface area contributed by atoms with Crippen LogP contribution in [0.2, 0.25) is 5.02 Å². The van der Waals surface area contributed by atoms with Crippen molar-refractivity contribution in [3.8, 4) is 0 Å². The highest BCUT2D eigenvalue weighted by molar-refractivity contribution is 7.86. The van der Waals surface area contributed by atoms with Crippen LogP contribution < -0.4 is 5.48 Å². The summed E-state index contributed by atoms with van der Waals surface area (Å²) < 4.78 is 43.5. The Morgan fingerprint density at radius 2 is 1.92 bits per heavy atom. The van der Waals surface area contributed by atoms with Gasteiger partial charge in [-0.3, -0.25) is 0 Å². The lowest BCUT2D eigenvalue weighted by molar-refractivity contribution is 0.257. The van der Waals surface area contributed by atoms with Crippen molar-refractivity contribution in [2.24, 2.45) is 0 Å². The van der Waals surface area contributed by atoms with E-state index in [1.807, 2.05) is 6.92 Å². The number of rotatable bonds is 4. The molecule has 0 aromatic heterocycles. The Bertz CT molecular complexity index is 908. The van der Waals surface area contributed by atoms with Gasteiger partial charge in [0.15, 0.2) is 0 Å². The maximum atomic E-state index is 14.2. The average molecular weight is 368 g/mol. The molecule has 1 N–H and O–H groups in total. The molecule has 126 valence electrons. The Morgan fingerprint density at radius 1 is 1.21 bits per heavy atom. The molecule has 7 heteroatoms. The zero-order valence-electron chi connectivity index (χ0n) is 12.8. The first-order valence-corrected chi connectivity index (χ1v) is 9.10. The summed E-state index contributed by atoms with van der Waals surface area (Å²) in [5.74, 6) is -0.521. The molecule has 2 aromatic carbocycles. The molecule has 3 rings (SSSR count). The molecule has 0 saturated carbocycles. The van der Waals surface area contributed by atoms with Crippen molar-refractivity contribution in [3.63, 3.8) is 0 Å². The summed E-state index contributed by atoms with van der Waals surface area (Å²) in [7, 11) is -4.00. The van der Waals surface area contributed by atoms with Crippen molar-refractivity contribution in [2.45, 2.75) is 24.7 Å². The van der Waals surface area contributed by atoms with Crippen molar-refractivity contribution in [1.82, 2.24) is 5.48 Å². The summed E-state index contributed by atoms with van der Waals surface area (Å²) >= 11 is 5.87. The molecule has 0 aliphatic heterocycles. The zero-order valence-corrected chi connectivity index (χ0v) is 14.4. The van der Waals surface area contributed by atoms with Crippen LogP contribution in [-0.2, 0) is 20.8 Å². The van der Waals surface area contributed by atoms with Crippen LogP contribution in [0, 0.1) is 12.7 Å². The molecule has 0 saturated heterocycles. The number of hydroxylamine groups is 1. The van der Waals surface area contributed by atoms with Crippen LogP contribution in [0.25, 0.3) is 5.70 Å². The molecular weight excluding hydrogens is 353 g/mol. The number of halogens is 2. The van der Waals surface area contributed by atoms with Gasteiger partial charge in [0.2, 0.25) is 0 Å². The Morgan fingerprint density at radius 3 is 2.62 bits per heavy atom. The van der Waals surface area contributed by atoms with Crippen LogP contribution in [0.1, 0.15) is 23.1 Å². The largest absolute Gasteiger partial charge is 0.317 e. The minimum absolute atomic E-state index is 0.0220. The smallest absolute Gasteiger partial charge is 0.249 e. The van der Waals surface area contributed by atoms with Gasteiger partial charge >= 0.3 is 10.1 Å². The molecule has 0 bridgehead atoms. The van der Waals surface area contributed by atoms with E-state index in [0.717, 1.165) is 5.56 Å². The van der Waals surface area contributed by atoms with Crippen molar-refractivity contribution in [3.05, 3.63) is 70.0 Å². The Kier molecular flexibility index (Phi) is 4.62. The van der Waals surface area contributed by atoms with Gasteiger partial charge in [-0.25, -0.2) is 9.87 Å². The molecule has 0 atom stereocenters. The van der Waals surface area contributed by atoms with Crippen molar-refractivity contribution < 1.29 is 17.1 Å². The third-order valence-corrected chi connectivity index (χ3v) is 5.11. The van der Waals surface area contributed by atoms with Crippen molar-refractivity contribution >= 4 is 27.4 Å². The summed E-state index contributed by atoms with van der Waals surface area (Å²) in [6, 6.07) is 9.12. The highest BCUT2D eigenvalue weighted by atomic mass is 35.5. The molecule has 0 amide bonds. The lowest BCUT2D eigenvalue weighted by Gasteiger charge is -2.19. The van der Waals surface area contributed by atoms with E-state index in [1.54, 1.807) is 24.3 Å². The van der Waals surface area contributed by atoms with Gasteiger partial charge in [0.25, 0.3) is 0 Å². The van der Waals surface area contributed by atoms with Gasteiger partial charge in [0.1, 0.15) is 5.82 Å². The van der Waals surface area contributed by atoms with Crippen molar-refractivity contribution in [2.75, 3.05) is 0 Å². The first kappa shape index (κ1) is 17.0. The van der Waals surface area contributed by atoms with E-state index < -0.39 is 15.9 Å². The number of aryl methyl sites for hydroxylation is 2. The van der Waals surface area contributed by atoms with E-state index >= 15 is 0 Å². The fourth-order valence-electron chi connectivity index (χ4n) is 2.55. The highest BCUT2D eigenvalue weighted by Crippen LogP contribution is 2.30. The lowest BCUT2D eigenvalue weighted by atomic mass is 9.94. The normalized spacial score (nSPS) is 14.0. The fourth-order valence-corrected chi connectivity index (χ4v) is 3.54. The summed E-state index contributed by atoms with van der Waals surface area (Å²) in [6.07, 6.45) is 2.95. The van der Waals surface area contributed by atoms with E-state index in [4.69, 9.17) is 15.9 Å². The van der Waals surface area contributed by atoms with Crippen molar-refractivity contribution in [1.29, 1.82) is 0 Å². The molecule has 0 radical (unpaired) electrons. The minimum Gasteiger partial charge on any atom is -0.249 e. The molecule has 1 aliphatic carbocycles. The molecule has 0 unspecified atom stereocenters. The van der Waals surface area contributed by atoms with Crippen LogP contribution in [-0.4, -0.2) is 8.42 Å². The summed E-state index contributed by atoms with van der Waals surface area (Å²) in [5.41, 5.74) is 4.59. The van der Waals surface area contributed by atoms with Gasteiger partial charge in [-0.2, -0.15) is 8.42 Å². The number of nitrogens with one attached hydrogen (secondary N) is 1. The lowest BCUT2D eigenvalue weighted by Crippen LogP contribution is -2.22. The first-order valence-electron chi connectivity index (χ1n) is 7.31. The second kappa shape index (κ2) is 6.55. The third kappa shape index (κ3) is 3.45. The van der Waals surface area contributed by atoms with Gasteiger partial charge in [-0.15, -0.1) is 4.28 Å². The molecule has 1 aliphatic rings. The van der Waals surface area contributed by atoms with Crippen LogP contribution in [0.4, 0.5) is 4.39 Å². The van der Waals surface area contributed by atoms with Crippen LogP contribution >= 0.6 is 11.6 Å². The number of fused-ring (bicyclic) bond motifs is 1. The second-order valence-corrected chi connectivity index (χ2v) is 7.51. The number of benzene rings is 2. The number of hydrogen-bond acceptors (Lipinski definition) is 4. The summed E-state index contributed by atoms with van der Waals surface area (Å²) in [6.45, 7) is 1.85. The van der Waals surface area contributed by atoms with Crippen LogP contribution in [0.5, 0.6) is 0 Å². The van der Waals surface area contributed by atoms with Crippen LogP contribution in [0.3, 0.4) is 0 Å². The molecule has 0 heterocycles. The predicted octanol–water partition coefficient (Wildman–Crippen LogP) is 3.98. The average Bonchev–Trinajstić information content (AvgIpc) is 2.53. The van der Waals surface area contributed by atoms with Gasteiger partial charge < -0.3 is 0 Å². The van der Waals surface area contributed by atoms with E-state index in [-0.39, 0.29) is 16.2 Å². The summed E-state index contributed by atoms with van der Waals surface area (Å²) in [5, 5.41) is 0.306. The maximum absolute atomic E-state index is 14.2. The topological polar surface area (TPSA) is 55.4 Å². The zero-order chi connectivity index (χ0) is 17.3. The molecule has 2 aromatic rings. The Labute approximate surface area is 145 Å². The minimum atomic E-state index is -4.00. The quantitative estimate of drug-likeness (QED) is 0.830. The van der Waals surface area contributed by atoms with E-state index in [0.29, 0.717) is 23.4 Å². The summed E-state index contributed by atoms with van der Waals surface area (Å²) in [4.78, 5) is 0.0220. The predicted molar refractivity (Wildman–Crippen MR) is 90.3 cm³/mol. The first-order chi connectivity index (χ1) is 11.4. The van der Waals surface area contributed by atoms with Gasteiger partial charge in [0.05, 0.1) is 10.6 Å². The van der Waals surface area contributed by atoms with Gasteiger partial charge in [0, 0.05) is 10.6 Å². The number of hydrogen-bond donors (Lipinski definition) is 1. The maximum Gasteiger partial charge on any atom is 0.317 e. The fraction of sp³-hybridized carbons (Fsp3) is 0.176. The van der Waals surface area contributed by atoms with E-state index in [9.17, 15) is 12.8 Å². The highest BCUT2D eigenvalue weighted by Gasteiger charge is 2.21. The molecule has 24 heavy (non-hydrogen) atoms. The Balaban J connectivity index is 1.83. The molecule has 4 nitrogen and oxygen atoms in total. The molecule has 0 fully saturated rings. The van der Waals surface area contributed by atoms with Crippen LogP contribution in [0.15, 0.2) is 47.4 Å². The van der Waals surface area contributed by atoms with Gasteiger partial charge in [-0.05, 0) is 49.6 Å². The van der Waals surface area contributed by atoms with Gasteiger partial charge in [-0.1, -0.05) is 35.4 Å². The van der Waals surface area contributed by atoms with E-state index in [2.05, 4.69) is 5.48 Å². The molecule has 0 spiro atoms.